The van der Waals surface area contributed by atoms with Crippen LogP contribution in [0.5, 0.6) is 0 Å². The molecule has 0 unspecified atom stereocenters. The van der Waals surface area contributed by atoms with Crippen LogP contribution in [-0.2, 0) is 6.42 Å². The van der Waals surface area contributed by atoms with Gasteiger partial charge in [-0.1, -0.05) is 0 Å². The van der Waals surface area contributed by atoms with Crippen LogP contribution in [0.1, 0.15) is 28.5 Å². The average molecular weight is 289 g/mol. The normalized spacial score (nSPS) is 10.3. The summed E-state index contributed by atoms with van der Waals surface area (Å²) in [5, 5.41) is 8.19. The lowest BCUT2D eigenvalue weighted by Gasteiger charge is -2.10. The second-order valence-corrected chi connectivity index (χ2v) is 5.26. The molecular weight excluding hydrogens is 270 g/mol. The number of hydrogen-bond donors (Lipinski definition) is 2. The van der Waals surface area contributed by atoms with Crippen LogP contribution in [0.15, 0.2) is 29.1 Å². The maximum atomic E-state index is 12.0. The van der Waals surface area contributed by atoms with Crippen molar-refractivity contribution in [3.63, 3.8) is 0 Å². The van der Waals surface area contributed by atoms with E-state index in [1.807, 2.05) is 30.5 Å². The summed E-state index contributed by atoms with van der Waals surface area (Å²) in [6.07, 6.45) is 0.768. The van der Waals surface area contributed by atoms with Crippen LogP contribution in [0.25, 0.3) is 0 Å². The Kier molecular flexibility index (Phi) is 5.12. The summed E-state index contributed by atoms with van der Waals surface area (Å²) >= 11 is 1.57. The van der Waals surface area contributed by atoms with Gasteiger partial charge in [0.15, 0.2) is 0 Å². The topological polar surface area (TPSA) is 54.0 Å². The molecule has 4 nitrogen and oxygen atoms in total. The Bertz CT molecular complexity index is 567. The van der Waals surface area contributed by atoms with Gasteiger partial charge in [0.1, 0.15) is 0 Å². The fraction of sp³-hybridized carbons (Fsp3) is 0.333. The molecule has 2 rings (SSSR count). The van der Waals surface area contributed by atoms with E-state index in [0.29, 0.717) is 12.1 Å². The second kappa shape index (κ2) is 7.05. The molecule has 0 aliphatic heterocycles. The molecule has 106 valence electrons. The van der Waals surface area contributed by atoms with E-state index in [1.165, 1.54) is 0 Å². The molecule has 1 amide bonds. The van der Waals surface area contributed by atoms with Gasteiger partial charge in [0, 0.05) is 36.1 Å². The van der Waals surface area contributed by atoms with Crippen molar-refractivity contribution < 1.29 is 4.79 Å². The fourth-order valence-electron chi connectivity index (χ4n) is 1.96. The molecular formula is C15H19N3OS. The molecule has 1 heterocycles. The first-order chi connectivity index (χ1) is 9.70. The van der Waals surface area contributed by atoms with E-state index in [4.69, 9.17) is 0 Å². The highest BCUT2D eigenvalue weighted by Gasteiger charge is 2.07. The van der Waals surface area contributed by atoms with Crippen LogP contribution < -0.4 is 10.6 Å². The number of aryl methyl sites for hydroxylation is 1. The van der Waals surface area contributed by atoms with E-state index < -0.39 is 0 Å². The number of thiazole rings is 1. The molecule has 0 fully saturated rings. The Morgan fingerprint density at radius 1 is 1.40 bits per heavy atom. The van der Waals surface area contributed by atoms with Crippen molar-refractivity contribution in [3.05, 3.63) is 45.9 Å². The maximum absolute atomic E-state index is 12.0. The summed E-state index contributed by atoms with van der Waals surface area (Å²) in [5.41, 5.74) is 5.68. The molecule has 0 aliphatic carbocycles. The molecule has 1 aromatic heterocycles. The number of benzene rings is 1. The van der Waals surface area contributed by atoms with Crippen molar-refractivity contribution in [2.24, 2.45) is 0 Å². The molecule has 0 bridgehead atoms. The first-order valence-corrected chi connectivity index (χ1v) is 7.64. The molecule has 0 saturated carbocycles. The lowest BCUT2D eigenvalue weighted by Crippen LogP contribution is -2.25. The van der Waals surface area contributed by atoms with E-state index in [9.17, 15) is 4.79 Å². The highest BCUT2D eigenvalue weighted by atomic mass is 32.1. The van der Waals surface area contributed by atoms with Gasteiger partial charge in [0.05, 0.1) is 11.2 Å². The number of carbonyl (C=O) groups is 1. The van der Waals surface area contributed by atoms with Gasteiger partial charge in [-0.05, 0) is 37.6 Å². The quantitative estimate of drug-likeness (QED) is 0.860. The van der Waals surface area contributed by atoms with Gasteiger partial charge in [-0.25, -0.2) is 4.98 Å². The van der Waals surface area contributed by atoms with E-state index in [-0.39, 0.29) is 5.91 Å². The Labute approximate surface area is 123 Å². The zero-order valence-corrected chi connectivity index (χ0v) is 12.6. The molecule has 1 aromatic carbocycles. The van der Waals surface area contributed by atoms with Gasteiger partial charge in [0.25, 0.3) is 5.91 Å². The summed E-state index contributed by atoms with van der Waals surface area (Å²) in [6.45, 7) is 5.54. The van der Waals surface area contributed by atoms with E-state index in [2.05, 4.69) is 22.5 Å². The van der Waals surface area contributed by atoms with Gasteiger partial charge in [-0.2, -0.15) is 0 Å². The van der Waals surface area contributed by atoms with Crippen LogP contribution >= 0.6 is 11.3 Å². The average Bonchev–Trinajstić information content (AvgIpc) is 2.94. The van der Waals surface area contributed by atoms with Crippen molar-refractivity contribution in [1.82, 2.24) is 10.3 Å². The summed E-state index contributed by atoms with van der Waals surface area (Å²) < 4.78 is 0. The van der Waals surface area contributed by atoms with Crippen LogP contribution in [0.2, 0.25) is 0 Å². The number of nitrogens with one attached hydrogen (secondary N) is 2. The third-order valence-electron chi connectivity index (χ3n) is 3.01. The second-order valence-electron chi connectivity index (χ2n) is 4.55. The molecule has 0 atom stereocenters. The van der Waals surface area contributed by atoms with Crippen molar-refractivity contribution in [3.8, 4) is 0 Å². The Morgan fingerprint density at radius 2 is 2.25 bits per heavy atom. The zero-order chi connectivity index (χ0) is 14.4. The molecule has 5 heteroatoms. The predicted octanol–water partition coefficient (Wildman–Crippen LogP) is 2.86. The number of hydrogen-bond acceptors (Lipinski definition) is 4. The summed E-state index contributed by atoms with van der Waals surface area (Å²) in [5.74, 6) is -0.0358. The van der Waals surface area contributed by atoms with Crippen molar-refractivity contribution in [2.45, 2.75) is 20.3 Å². The smallest absolute Gasteiger partial charge is 0.251 e. The fourth-order valence-corrected chi connectivity index (χ4v) is 2.55. The minimum absolute atomic E-state index is 0.0358. The van der Waals surface area contributed by atoms with Crippen molar-refractivity contribution >= 4 is 22.9 Å². The van der Waals surface area contributed by atoms with Gasteiger partial charge < -0.3 is 10.6 Å². The maximum Gasteiger partial charge on any atom is 0.251 e. The van der Waals surface area contributed by atoms with E-state index in [1.54, 1.807) is 16.8 Å². The molecule has 2 N–H and O–H groups in total. The highest BCUT2D eigenvalue weighted by Crippen LogP contribution is 2.16. The standard InChI is InChI=1S/C15H19N3OS/c1-3-16-14-5-4-12(8-11(14)2)15(19)17-7-6-13-9-20-10-18-13/h4-5,8-10,16H,3,6-7H2,1-2H3,(H,17,19). The molecule has 0 radical (unpaired) electrons. The molecule has 0 saturated heterocycles. The third-order valence-corrected chi connectivity index (χ3v) is 3.64. The largest absolute Gasteiger partial charge is 0.385 e. The van der Waals surface area contributed by atoms with Crippen LogP contribution in [0.3, 0.4) is 0 Å². The number of aromatic nitrogens is 1. The van der Waals surface area contributed by atoms with E-state index in [0.717, 1.165) is 29.9 Å². The number of carbonyl (C=O) groups excluding carboxylic acids is 1. The monoisotopic (exact) mass is 289 g/mol. The minimum atomic E-state index is -0.0358. The van der Waals surface area contributed by atoms with Crippen molar-refractivity contribution in [2.75, 3.05) is 18.4 Å². The Morgan fingerprint density at radius 3 is 2.90 bits per heavy atom. The van der Waals surface area contributed by atoms with Gasteiger partial charge in [-0.3, -0.25) is 4.79 Å². The van der Waals surface area contributed by atoms with Crippen molar-refractivity contribution in [1.29, 1.82) is 0 Å². The van der Waals surface area contributed by atoms with Gasteiger partial charge >= 0.3 is 0 Å². The Balaban J connectivity index is 1.90. The highest BCUT2D eigenvalue weighted by molar-refractivity contribution is 7.07. The Hall–Kier alpha value is -1.88. The number of nitrogens with zero attached hydrogens (tertiary/aromatic N) is 1. The molecule has 0 aliphatic rings. The number of rotatable bonds is 6. The van der Waals surface area contributed by atoms with Gasteiger partial charge in [0.2, 0.25) is 0 Å². The first kappa shape index (κ1) is 14.5. The van der Waals surface area contributed by atoms with E-state index >= 15 is 0 Å². The zero-order valence-electron chi connectivity index (χ0n) is 11.8. The number of anilines is 1. The third kappa shape index (κ3) is 3.81. The van der Waals surface area contributed by atoms with Crippen LogP contribution in [0, 0.1) is 6.92 Å². The van der Waals surface area contributed by atoms with Gasteiger partial charge in [-0.15, -0.1) is 11.3 Å². The first-order valence-electron chi connectivity index (χ1n) is 6.70. The molecule has 20 heavy (non-hydrogen) atoms. The summed E-state index contributed by atoms with van der Waals surface area (Å²) in [4.78, 5) is 16.2. The molecule has 0 spiro atoms. The number of amides is 1. The lowest BCUT2D eigenvalue weighted by molar-refractivity contribution is 0.0954. The van der Waals surface area contributed by atoms with Crippen LogP contribution in [-0.4, -0.2) is 24.0 Å². The summed E-state index contributed by atoms with van der Waals surface area (Å²) in [6, 6.07) is 5.72. The molecule has 2 aromatic rings. The SMILES string of the molecule is CCNc1ccc(C(=O)NCCc2cscn2)cc1C. The van der Waals surface area contributed by atoms with Crippen LogP contribution in [0.4, 0.5) is 5.69 Å². The summed E-state index contributed by atoms with van der Waals surface area (Å²) in [7, 11) is 0. The predicted molar refractivity (Wildman–Crippen MR) is 83.5 cm³/mol. The lowest BCUT2D eigenvalue weighted by atomic mass is 10.1. The minimum Gasteiger partial charge on any atom is -0.385 e.